The van der Waals surface area contributed by atoms with E-state index in [1.165, 1.54) is 12.1 Å². The van der Waals surface area contributed by atoms with Gasteiger partial charge in [-0.25, -0.2) is 13.2 Å². The Bertz CT molecular complexity index is 1000. The number of nitrogens with one attached hydrogen (secondary N) is 1. The van der Waals surface area contributed by atoms with Gasteiger partial charge in [0, 0.05) is 6.07 Å². The minimum atomic E-state index is -4.98. The summed E-state index contributed by atoms with van der Waals surface area (Å²) < 4.78 is 84.3. The van der Waals surface area contributed by atoms with Crippen molar-refractivity contribution < 1.29 is 31.1 Å². The lowest BCUT2D eigenvalue weighted by Gasteiger charge is -2.15. The van der Waals surface area contributed by atoms with Crippen LogP contribution in [0.4, 0.5) is 32.0 Å². The number of nitrogens with zero attached hydrogens (tertiary/aromatic N) is 3. The van der Waals surface area contributed by atoms with Crippen LogP contribution < -0.4 is 10.2 Å². The summed E-state index contributed by atoms with van der Waals surface area (Å²) >= 11 is 2.88. The molecule has 0 spiro atoms. The summed E-state index contributed by atoms with van der Waals surface area (Å²) in [6, 6.07) is 4.50. The third-order valence-electron chi connectivity index (χ3n) is 3.04. The average Bonchev–Trinajstić information content (AvgIpc) is 2.59. The van der Waals surface area contributed by atoms with Crippen molar-refractivity contribution in [1.29, 1.82) is 10.5 Å². The van der Waals surface area contributed by atoms with Crippen LogP contribution in [0.2, 0.25) is 0 Å². The molecule has 0 heterocycles. The Morgan fingerprint density at radius 2 is 1.57 bits per heavy atom. The van der Waals surface area contributed by atoms with Crippen molar-refractivity contribution in [1.82, 2.24) is 0 Å². The van der Waals surface area contributed by atoms with Gasteiger partial charge in [-0.1, -0.05) is 0 Å². The highest BCUT2D eigenvalue weighted by molar-refractivity contribution is 9.10. The molecule has 12 heteroatoms. The standard InChI is InChI=1S/C16H5BrF6N4O/c17-10-3-8(18)4-13(27-26-9(5-24)6-25)14(10)28-15-11(19)1-7(2-12(15)20)16(21,22)23/h1-4,27H. The Morgan fingerprint density at radius 3 is 2.07 bits per heavy atom. The topological polar surface area (TPSA) is 81.2 Å². The molecule has 0 aliphatic heterocycles. The fraction of sp³-hybridized carbons (Fsp3) is 0.0625. The van der Waals surface area contributed by atoms with Gasteiger partial charge in [0.1, 0.15) is 23.6 Å². The molecule has 144 valence electrons. The molecule has 5 nitrogen and oxygen atoms in total. The van der Waals surface area contributed by atoms with E-state index in [1.54, 1.807) is 0 Å². The van der Waals surface area contributed by atoms with Gasteiger partial charge in [0.2, 0.25) is 5.71 Å². The van der Waals surface area contributed by atoms with Gasteiger partial charge in [-0.2, -0.15) is 28.8 Å². The zero-order chi connectivity index (χ0) is 21.1. The number of alkyl halides is 3. The van der Waals surface area contributed by atoms with E-state index in [2.05, 4.69) is 26.5 Å². The number of halogens is 7. The van der Waals surface area contributed by atoms with Crippen LogP contribution in [0.3, 0.4) is 0 Å². The zero-order valence-corrected chi connectivity index (χ0v) is 14.8. The SMILES string of the molecule is N#CC(C#N)=NNc1cc(F)cc(Br)c1Oc1c(F)cc(C(F)(F)F)cc1F. The number of hydrogen-bond donors (Lipinski definition) is 1. The monoisotopic (exact) mass is 462 g/mol. The van der Waals surface area contributed by atoms with E-state index in [-0.39, 0.29) is 22.3 Å². The molecular weight excluding hydrogens is 458 g/mol. The summed E-state index contributed by atoms with van der Waals surface area (Å²) in [5.74, 6) is -5.83. The zero-order valence-electron chi connectivity index (χ0n) is 13.2. The molecule has 0 saturated carbocycles. The molecule has 1 N–H and O–H groups in total. The molecule has 0 radical (unpaired) electrons. The van der Waals surface area contributed by atoms with Crippen molar-refractivity contribution in [2.24, 2.45) is 5.10 Å². The highest BCUT2D eigenvalue weighted by Crippen LogP contribution is 2.41. The summed E-state index contributed by atoms with van der Waals surface area (Å²) in [4.78, 5) is 0. The lowest BCUT2D eigenvalue weighted by Crippen LogP contribution is -2.07. The van der Waals surface area contributed by atoms with Crippen LogP contribution in [-0.2, 0) is 6.18 Å². The molecule has 0 bridgehead atoms. The molecule has 0 atom stereocenters. The van der Waals surface area contributed by atoms with Gasteiger partial charge in [0.05, 0.1) is 10.0 Å². The first-order valence-corrected chi connectivity index (χ1v) is 7.73. The molecule has 0 aromatic heterocycles. The Labute approximate surface area is 161 Å². The maximum absolute atomic E-state index is 14.0. The molecule has 0 unspecified atom stereocenters. The molecule has 0 saturated heterocycles. The normalized spacial score (nSPS) is 10.6. The summed E-state index contributed by atoms with van der Waals surface area (Å²) in [5, 5.41) is 20.6. The number of ether oxygens (including phenoxy) is 1. The maximum Gasteiger partial charge on any atom is 0.416 e. The van der Waals surface area contributed by atoms with Gasteiger partial charge in [-0.3, -0.25) is 5.43 Å². The van der Waals surface area contributed by atoms with Gasteiger partial charge in [-0.05, 0) is 34.1 Å². The number of anilines is 1. The summed E-state index contributed by atoms with van der Waals surface area (Å²) in [6.45, 7) is 0. The lowest BCUT2D eigenvalue weighted by molar-refractivity contribution is -0.138. The van der Waals surface area contributed by atoms with E-state index in [0.717, 1.165) is 12.1 Å². The van der Waals surface area contributed by atoms with Crippen LogP contribution in [-0.4, -0.2) is 5.71 Å². The van der Waals surface area contributed by atoms with Crippen LogP contribution in [0.1, 0.15) is 5.56 Å². The number of hydrazone groups is 1. The predicted octanol–water partition coefficient (Wildman–Crippen LogP) is 5.49. The van der Waals surface area contributed by atoms with Gasteiger partial charge < -0.3 is 4.74 Å². The molecule has 28 heavy (non-hydrogen) atoms. The van der Waals surface area contributed by atoms with E-state index in [1.807, 2.05) is 0 Å². The van der Waals surface area contributed by atoms with Crippen LogP contribution >= 0.6 is 15.9 Å². The molecule has 0 aliphatic carbocycles. The van der Waals surface area contributed by atoms with Crippen molar-refractivity contribution in [3.8, 4) is 23.6 Å². The minimum absolute atomic E-state index is 0.0323. The Kier molecular flexibility index (Phi) is 6.16. The molecular formula is C16H5BrF6N4O. The molecule has 2 rings (SSSR count). The highest BCUT2D eigenvalue weighted by atomic mass is 79.9. The van der Waals surface area contributed by atoms with E-state index in [4.69, 9.17) is 15.3 Å². The van der Waals surface area contributed by atoms with Crippen molar-refractivity contribution in [3.05, 3.63) is 51.8 Å². The van der Waals surface area contributed by atoms with Gasteiger partial charge in [0.15, 0.2) is 23.1 Å². The second-order valence-corrected chi connectivity index (χ2v) is 5.78. The third-order valence-corrected chi connectivity index (χ3v) is 3.63. The van der Waals surface area contributed by atoms with E-state index in [0.29, 0.717) is 0 Å². The molecule has 2 aromatic carbocycles. The molecule has 0 amide bonds. The van der Waals surface area contributed by atoms with E-state index in [9.17, 15) is 26.3 Å². The summed E-state index contributed by atoms with van der Waals surface area (Å²) in [7, 11) is 0. The highest BCUT2D eigenvalue weighted by Gasteiger charge is 2.33. The fourth-order valence-corrected chi connectivity index (χ4v) is 2.37. The second-order valence-electron chi connectivity index (χ2n) is 4.93. The summed E-state index contributed by atoms with van der Waals surface area (Å²) in [6.07, 6.45) is -4.98. The Balaban J connectivity index is 2.51. The first-order valence-electron chi connectivity index (χ1n) is 6.93. The van der Waals surface area contributed by atoms with Gasteiger partial charge in [0.25, 0.3) is 0 Å². The minimum Gasteiger partial charge on any atom is -0.448 e. The van der Waals surface area contributed by atoms with Gasteiger partial charge >= 0.3 is 6.18 Å². The second kappa shape index (κ2) is 8.19. The van der Waals surface area contributed by atoms with Crippen LogP contribution in [0.15, 0.2) is 33.8 Å². The van der Waals surface area contributed by atoms with Crippen LogP contribution in [0, 0.1) is 40.1 Å². The lowest BCUT2D eigenvalue weighted by atomic mass is 10.2. The number of hydrogen-bond acceptors (Lipinski definition) is 5. The van der Waals surface area contributed by atoms with Gasteiger partial charge in [-0.15, -0.1) is 0 Å². The Hall–Kier alpha value is -3.25. The maximum atomic E-state index is 14.0. The summed E-state index contributed by atoms with van der Waals surface area (Å²) in [5.41, 5.74) is -0.473. The Morgan fingerprint density at radius 1 is 1.00 bits per heavy atom. The fourth-order valence-electron chi connectivity index (χ4n) is 1.86. The van der Waals surface area contributed by atoms with Crippen molar-refractivity contribution in [3.63, 3.8) is 0 Å². The van der Waals surface area contributed by atoms with E-state index < -0.39 is 46.4 Å². The predicted molar refractivity (Wildman–Crippen MR) is 87.8 cm³/mol. The quantitative estimate of drug-likeness (QED) is 0.370. The van der Waals surface area contributed by atoms with Crippen molar-refractivity contribution in [2.45, 2.75) is 6.18 Å². The largest absolute Gasteiger partial charge is 0.448 e. The van der Waals surface area contributed by atoms with Crippen LogP contribution in [0.5, 0.6) is 11.5 Å². The van der Waals surface area contributed by atoms with Crippen LogP contribution in [0.25, 0.3) is 0 Å². The number of benzene rings is 2. The third kappa shape index (κ3) is 4.72. The van der Waals surface area contributed by atoms with Crippen molar-refractivity contribution in [2.75, 3.05) is 5.43 Å². The number of nitriles is 2. The van der Waals surface area contributed by atoms with E-state index >= 15 is 0 Å². The number of rotatable bonds is 4. The smallest absolute Gasteiger partial charge is 0.416 e. The molecule has 0 fully saturated rings. The first kappa shape index (κ1) is 21.1. The first-order chi connectivity index (χ1) is 13.1. The van der Waals surface area contributed by atoms with Crippen molar-refractivity contribution >= 4 is 27.3 Å². The average molecular weight is 463 g/mol. The molecule has 0 aliphatic rings. The molecule has 2 aromatic rings.